The van der Waals surface area contributed by atoms with E-state index in [4.69, 9.17) is 0 Å². The topological polar surface area (TPSA) is 42.7 Å². The summed E-state index contributed by atoms with van der Waals surface area (Å²) >= 11 is 0. The van der Waals surface area contributed by atoms with Crippen molar-refractivity contribution in [3.63, 3.8) is 0 Å². The molecule has 2 aromatic heterocycles. The number of aryl methyl sites for hydroxylation is 1. The molecule has 0 aliphatic heterocycles. The number of nitrogens with zero attached hydrogens (tertiary/aromatic N) is 3. The summed E-state index contributed by atoms with van der Waals surface area (Å²) in [5.41, 5.74) is 2.04. The first-order valence-electron chi connectivity index (χ1n) is 5.58. The Morgan fingerprint density at radius 3 is 3.12 bits per heavy atom. The van der Waals surface area contributed by atoms with Crippen LogP contribution in [-0.4, -0.2) is 14.5 Å². The Labute approximate surface area is 101 Å². The van der Waals surface area contributed by atoms with E-state index in [9.17, 15) is 0 Å². The summed E-state index contributed by atoms with van der Waals surface area (Å²) in [7, 11) is 0. The van der Waals surface area contributed by atoms with Gasteiger partial charge in [0.15, 0.2) is 0 Å². The first kappa shape index (κ1) is 11.4. The summed E-state index contributed by atoms with van der Waals surface area (Å²) in [6.07, 6.45) is 5.54. The predicted molar refractivity (Wildman–Crippen MR) is 68.7 cm³/mol. The molecule has 0 amide bonds. The minimum absolute atomic E-state index is 0.676. The molecule has 1 N–H and O–H groups in total. The summed E-state index contributed by atoms with van der Waals surface area (Å²) in [5.74, 6) is 0.841. The summed E-state index contributed by atoms with van der Waals surface area (Å²) in [5, 5.41) is 3.26. The first-order valence-corrected chi connectivity index (χ1v) is 5.58. The second kappa shape index (κ2) is 5.30. The van der Waals surface area contributed by atoms with Crippen LogP contribution in [0.15, 0.2) is 43.2 Å². The first-order chi connectivity index (χ1) is 8.29. The third-order valence-corrected chi connectivity index (χ3v) is 2.41. The number of pyridine rings is 1. The fourth-order valence-corrected chi connectivity index (χ4v) is 1.63. The lowest BCUT2D eigenvalue weighted by atomic mass is 10.3. The smallest absolute Gasteiger partial charge is 0.203 e. The maximum absolute atomic E-state index is 4.43. The molecule has 0 atom stereocenters. The number of nitrogens with one attached hydrogen (secondary N) is 1. The molecule has 4 nitrogen and oxygen atoms in total. The molecule has 88 valence electrons. The van der Waals surface area contributed by atoms with Crippen LogP contribution in [0.4, 0.5) is 5.95 Å². The molecular formula is C13H16N4. The number of aromatic nitrogens is 3. The van der Waals surface area contributed by atoms with Gasteiger partial charge in [-0.25, -0.2) is 4.98 Å². The minimum Gasteiger partial charge on any atom is -0.350 e. The van der Waals surface area contributed by atoms with Crippen LogP contribution in [0.3, 0.4) is 0 Å². The highest BCUT2D eigenvalue weighted by Crippen LogP contribution is 2.06. The normalized spacial score (nSPS) is 10.2. The molecule has 17 heavy (non-hydrogen) atoms. The standard InChI is InChI=1S/C13H16N4/c1-3-8-17-9-7-14-13(17)15-10-12-6-4-5-11(2)16-12/h3-7,9H,1,8,10H2,2H3,(H,14,15). The third-order valence-electron chi connectivity index (χ3n) is 2.41. The molecule has 2 rings (SSSR count). The predicted octanol–water partition coefficient (Wildman–Crippen LogP) is 2.38. The zero-order chi connectivity index (χ0) is 12.1. The van der Waals surface area contributed by atoms with Crippen LogP contribution < -0.4 is 5.32 Å². The maximum atomic E-state index is 4.43. The molecule has 0 aromatic carbocycles. The maximum Gasteiger partial charge on any atom is 0.203 e. The van der Waals surface area contributed by atoms with Gasteiger partial charge in [-0.1, -0.05) is 12.1 Å². The van der Waals surface area contributed by atoms with Gasteiger partial charge in [0, 0.05) is 24.6 Å². The van der Waals surface area contributed by atoms with Crippen molar-refractivity contribution in [2.45, 2.75) is 20.0 Å². The van der Waals surface area contributed by atoms with E-state index in [-0.39, 0.29) is 0 Å². The number of anilines is 1. The summed E-state index contributed by atoms with van der Waals surface area (Å²) in [6, 6.07) is 6.00. The quantitative estimate of drug-likeness (QED) is 0.799. The Bertz CT molecular complexity index is 502. The van der Waals surface area contributed by atoms with Gasteiger partial charge < -0.3 is 9.88 Å². The van der Waals surface area contributed by atoms with Gasteiger partial charge in [-0.05, 0) is 19.1 Å². The monoisotopic (exact) mass is 228 g/mol. The van der Waals surface area contributed by atoms with Gasteiger partial charge in [-0.15, -0.1) is 6.58 Å². The van der Waals surface area contributed by atoms with Gasteiger partial charge in [-0.2, -0.15) is 0 Å². The van der Waals surface area contributed by atoms with E-state index in [1.807, 2.05) is 42.0 Å². The van der Waals surface area contributed by atoms with E-state index in [0.29, 0.717) is 6.54 Å². The molecule has 0 saturated carbocycles. The van der Waals surface area contributed by atoms with Crippen LogP contribution in [0.1, 0.15) is 11.4 Å². The van der Waals surface area contributed by atoms with Crippen molar-refractivity contribution in [3.8, 4) is 0 Å². The summed E-state index contributed by atoms with van der Waals surface area (Å²) < 4.78 is 2.00. The molecule has 2 heterocycles. The van der Waals surface area contributed by atoms with Crippen molar-refractivity contribution in [2.75, 3.05) is 5.32 Å². The zero-order valence-electron chi connectivity index (χ0n) is 9.93. The number of imidazole rings is 1. The lowest BCUT2D eigenvalue weighted by molar-refractivity contribution is 0.816. The Hall–Kier alpha value is -2.10. The number of hydrogen-bond donors (Lipinski definition) is 1. The largest absolute Gasteiger partial charge is 0.350 e. The van der Waals surface area contributed by atoms with E-state index >= 15 is 0 Å². The van der Waals surface area contributed by atoms with E-state index in [0.717, 1.165) is 23.9 Å². The van der Waals surface area contributed by atoms with Crippen LogP contribution in [0.5, 0.6) is 0 Å². The lowest BCUT2D eigenvalue weighted by Crippen LogP contribution is -2.08. The molecule has 0 fully saturated rings. The Morgan fingerprint density at radius 1 is 1.47 bits per heavy atom. The number of rotatable bonds is 5. The molecule has 0 aliphatic rings. The zero-order valence-corrected chi connectivity index (χ0v) is 9.93. The average Bonchev–Trinajstić information content (AvgIpc) is 2.75. The van der Waals surface area contributed by atoms with E-state index in [1.165, 1.54) is 0 Å². The van der Waals surface area contributed by atoms with Gasteiger partial charge in [-0.3, -0.25) is 4.98 Å². The fourth-order valence-electron chi connectivity index (χ4n) is 1.63. The highest BCUT2D eigenvalue weighted by atomic mass is 15.2. The number of allylic oxidation sites excluding steroid dienone is 1. The third kappa shape index (κ3) is 2.93. The summed E-state index contributed by atoms with van der Waals surface area (Å²) in [6.45, 7) is 7.14. The van der Waals surface area contributed by atoms with Crippen molar-refractivity contribution >= 4 is 5.95 Å². The molecule has 0 unspecified atom stereocenters. The average molecular weight is 228 g/mol. The molecule has 4 heteroatoms. The molecule has 0 aliphatic carbocycles. The van der Waals surface area contributed by atoms with Gasteiger partial charge in [0.25, 0.3) is 0 Å². The Balaban J connectivity index is 2.02. The second-order valence-electron chi connectivity index (χ2n) is 3.82. The Kier molecular flexibility index (Phi) is 3.55. The molecular weight excluding hydrogens is 212 g/mol. The van der Waals surface area contributed by atoms with E-state index in [1.54, 1.807) is 6.20 Å². The van der Waals surface area contributed by atoms with Crippen molar-refractivity contribution in [2.24, 2.45) is 0 Å². The van der Waals surface area contributed by atoms with Crippen LogP contribution in [-0.2, 0) is 13.1 Å². The molecule has 2 aromatic rings. The van der Waals surface area contributed by atoms with E-state index in [2.05, 4.69) is 21.9 Å². The molecule has 0 bridgehead atoms. The van der Waals surface area contributed by atoms with Gasteiger partial charge >= 0.3 is 0 Å². The Morgan fingerprint density at radius 2 is 2.35 bits per heavy atom. The molecule has 0 spiro atoms. The van der Waals surface area contributed by atoms with Crippen LogP contribution in [0.2, 0.25) is 0 Å². The van der Waals surface area contributed by atoms with Crippen molar-refractivity contribution in [1.29, 1.82) is 0 Å². The van der Waals surface area contributed by atoms with Gasteiger partial charge in [0.1, 0.15) is 0 Å². The second-order valence-corrected chi connectivity index (χ2v) is 3.82. The summed E-state index contributed by atoms with van der Waals surface area (Å²) in [4.78, 5) is 8.68. The van der Waals surface area contributed by atoms with Crippen molar-refractivity contribution < 1.29 is 0 Å². The number of hydrogen-bond acceptors (Lipinski definition) is 3. The van der Waals surface area contributed by atoms with Crippen LogP contribution in [0.25, 0.3) is 0 Å². The van der Waals surface area contributed by atoms with Gasteiger partial charge in [0.05, 0.1) is 12.2 Å². The SMILES string of the molecule is C=CCn1ccnc1NCc1cccc(C)n1. The van der Waals surface area contributed by atoms with Crippen LogP contribution in [0, 0.1) is 6.92 Å². The van der Waals surface area contributed by atoms with Crippen LogP contribution >= 0.6 is 0 Å². The van der Waals surface area contributed by atoms with E-state index < -0.39 is 0 Å². The van der Waals surface area contributed by atoms with Crippen molar-refractivity contribution in [1.82, 2.24) is 14.5 Å². The molecule has 0 saturated heterocycles. The minimum atomic E-state index is 0.676. The highest BCUT2D eigenvalue weighted by Gasteiger charge is 2.01. The lowest BCUT2D eigenvalue weighted by Gasteiger charge is -2.07. The van der Waals surface area contributed by atoms with Crippen molar-refractivity contribution in [3.05, 3.63) is 54.6 Å². The highest BCUT2D eigenvalue weighted by molar-refractivity contribution is 5.27. The molecule has 0 radical (unpaired) electrons. The van der Waals surface area contributed by atoms with Gasteiger partial charge in [0.2, 0.25) is 5.95 Å². The fraction of sp³-hybridized carbons (Fsp3) is 0.231.